The summed E-state index contributed by atoms with van der Waals surface area (Å²) in [7, 11) is 0. The van der Waals surface area contributed by atoms with E-state index in [0.29, 0.717) is 32.4 Å². The van der Waals surface area contributed by atoms with Gasteiger partial charge < -0.3 is 15.4 Å². The van der Waals surface area contributed by atoms with Crippen LogP contribution in [0.15, 0.2) is 27.9 Å². The molecule has 3 heterocycles. The van der Waals surface area contributed by atoms with Crippen molar-refractivity contribution in [1.82, 2.24) is 15.2 Å². The number of thiazole rings is 1. The van der Waals surface area contributed by atoms with Gasteiger partial charge in [0, 0.05) is 24.1 Å². The average Bonchev–Trinajstić information content (AvgIpc) is 3.50. The van der Waals surface area contributed by atoms with Crippen molar-refractivity contribution in [2.75, 3.05) is 23.8 Å². The summed E-state index contributed by atoms with van der Waals surface area (Å²) >= 11 is 3.90. The minimum Gasteiger partial charge on any atom is -0.376 e. The molecular weight excluding hydrogens is 464 g/mol. The summed E-state index contributed by atoms with van der Waals surface area (Å²) in [6.07, 6.45) is 2.33. The van der Waals surface area contributed by atoms with Gasteiger partial charge in [-0.3, -0.25) is 4.79 Å². The molecule has 1 fully saturated rings. The van der Waals surface area contributed by atoms with Crippen molar-refractivity contribution in [2.24, 2.45) is 0 Å². The van der Waals surface area contributed by atoms with Crippen molar-refractivity contribution in [3.63, 3.8) is 0 Å². The molecule has 4 rings (SSSR count). The van der Waals surface area contributed by atoms with Crippen LogP contribution in [0.4, 0.5) is 19.0 Å². The number of hydrogen-bond acceptors (Lipinski definition) is 9. The first kappa shape index (κ1) is 22.1. The van der Waals surface area contributed by atoms with Gasteiger partial charge in [-0.2, -0.15) is 0 Å². The molecule has 2 unspecified atom stereocenters. The van der Waals surface area contributed by atoms with E-state index in [-0.39, 0.29) is 12.0 Å². The van der Waals surface area contributed by atoms with E-state index in [1.165, 1.54) is 40.5 Å². The molecule has 2 atom stereocenters. The van der Waals surface area contributed by atoms with Crippen LogP contribution in [0.1, 0.15) is 19.8 Å². The average molecular weight is 484 g/mol. The predicted octanol–water partition coefficient (Wildman–Crippen LogP) is 4.65. The van der Waals surface area contributed by atoms with Crippen molar-refractivity contribution in [2.45, 2.75) is 35.5 Å². The first-order valence-corrected chi connectivity index (χ1v) is 12.1. The first-order chi connectivity index (χ1) is 15.0. The lowest BCUT2D eigenvalue weighted by Crippen LogP contribution is -2.22. The smallest absolute Gasteiger partial charge is 0.239 e. The van der Waals surface area contributed by atoms with Crippen LogP contribution in [-0.4, -0.2) is 45.6 Å². The maximum atomic E-state index is 13.4. The topological polar surface area (TPSA) is 89.0 Å². The zero-order valence-corrected chi connectivity index (χ0v) is 18.9. The molecule has 1 amide bonds. The standard InChI is InChI=1S/C19H19F2N5O2S3/c1-10(30-19-26-25-17(31-19)22-8-12-3-2-6-28-12)16(27)24-18-23-15(9-29-18)11-4-5-13(20)14(21)7-11/h4-5,7,9-10,12H,2-3,6,8H2,1H3,(H,22,25)(H,23,24,27). The van der Waals surface area contributed by atoms with Crippen LogP contribution in [0.5, 0.6) is 0 Å². The molecule has 0 bridgehead atoms. The van der Waals surface area contributed by atoms with Crippen LogP contribution in [0, 0.1) is 11.6 Å². The Kier molecular flexibility index (Phi) is 7.10. The molecule has 12 heteroatoms. The molecular formula is C19H19F2N5O2S3. The number of carbonyl (C=O) groups excluding carboxylic acids is 1. The van der Waals surface area contributed by atoms with Crippen LogP contribution in [0.25, 0.3) is 11.3 Å². The Morgan fingerprint density at radius 1 is 1.32 bits per heavy atom. The number of nitrogens with one attached hydrogen (secondary N) is 2. The number of rotatable bonds is 8. The maximum Gasteiger partial charge on any atom is 0.239 e. The van der Waals surface area contributed by atoms with Crippen molar-refractivity contribution < 1.29 is 18.3 Å². The van der Waals surface area contributed by atoms with E-state index in [1.54, 1.807) is 12.3 Å². The summed E-state index contributed by atoms with van der Waals surface area (Å²) in [5.74, 6) is -2.09. The van der Waals surface area contributed by atoms with E-state index in [4.69, 9.17) is 4.74 Å². The van der Waals surface area contributed by atoms with E-state index in [2.05, 4.69) is 25.8 Å². The molecule has 31 heavy (non-hydrogen) atoms. The fraction of sp³-hybridized carbons (Fsp3) is 0.368. The van der Waals surface area contributed by atoms with Crippen LogP contribution in [0.2, 0.25) is 0 Å². The number of halogens is 2. The number of anilines is 2. The third-order valence-electron chi connectivity index (χ3n) is 4.51. The van der Waals surface area contributed by atoms with Crippen LogP contribution >= 0.6 is 34.4 Å². The number of hydrogen-bond donors (Lipinski definition) is 2. The summed E-state index contributed by atoms with van der Waals surface area (Å²) in [4.78, 5) is 16.8. The zero-order valence-electron chi connectivity index (χ0n) is 16.4. The second-order valence-electron chi connectivity index (χ2n) is 6.81. The van der Waals surface area contributed by atoms with E-state index in [1.807, 2.05) is 0 Å². The minimum absolute atomic E-state index is 0.208. The van der Waals surface area contributed by atoms with Gasteiger partial charge in [0.25, 0.3) is 0 Å². The SMILES string of the molecule is CC(Sc1nnc(NCC2CCCO2)s1)C(=O)Nc1nc(-c2ccc(F)c(F)c2)cs1. The molecule has 7 nitrogen and oxygen atoms in total. The zero-order chi connectivity index (χ0) is 21.8. The summed E-state index contributed by atoms with van der Waals surface area (Å²) in [5.41, 5.74) is 0.903. The predicted molar refractivity (Wildman–Crippen MR) is 119 cm³/mol. The van der Waals surface area contributed by atoms with Crippen molar-refractivity contribution >= 4 is 50.6 Å². The number of nitrogens with zero attached hydrogens (tertiary/aromatic N) is 3. The molecule has 0 spiro atoms. The van der Waals surface area contributed by atoms with Gasteiger partial charge in [-0.25, -0.2) is 13.8 Å². The number of ether oxygens (including phenoxy) is 1. The van der Waals surface area contributed by atoms with E-state index in [0.717, 1.165) is 31.6 Å². The molecule has 0 aliphatic carbocycles. The van der Waals surface area contributed by atoms with Gasteiger partial charge >= 0.3 is 0 Å². The maximum absolute atomic E-state index is 13.4. The minimum atomic E-state index is -0.942. The fourth-order valence-electron chi connectivity index (χ4n) is 2.87. The number of thioether (sulfide) groups is 1. The monoisotopic (exact) mass is 483 g/mol. The molecule has 3 aromatic rings. The van der Waals surface area contributed by atoms with Gasteiger partial charge in [-0.1, -0.05) is 23.1 Å². The van der Waals surface area contributed by atoms with Crippen LogP contribution < -0.4 is 10.6 Å². The number of benzene rings is 1. The lowest BCUT2D eigenvalue weighted by atomic mass is 10.2. The van der Waals surface area contributed by atoms with Gasteiger partial charge in [-0.15, -0.1) is 21.5 Å². The van der Waals surface area contributed by atoms with Crippen LogP contribution in [0.3, 0.4) is 0 Å². The largest absolute Gasteiger partial charge is 0.376 e. The van der Waals surface area contributed by atoms with Gasteiger partial charge in [0.05, 0.1) is 17.0 Å². The number of carbonyl (C=O) groups is 1. The van der Waals surface area contributed by atoms with Crippen molar-refractivity contribution in [1.29, 1.82) is 0 Å². The Morgan fingerprint density at radius 2 is 2.19 bits per heavy atom. The second kappa shape index (κ2) is 9.98. The highest BCUT2D eigenvalue weighted by molar-refractivity contribution is 8.02. The van der Waals surface area contributed by atoms with Crippen molar-refractivity contribution in [3.8, 4) is 11.3 Å². The summed E-state index contributed by atoms with van der Waals surface area (Å²) in [5, 5.41) is 16.5. The summed E-state index contributed by atoms with van der Waals surface area (Å²) in [6.45, 7) is 3.27. The van der Waals surface area contributed by atoms with Gasteiger partial charge in [0.15, 0.2) is 21.1 Å². The Labute approximate surface area is 189 Å². The summed E-state index contributed by atoms with van der Waals surface area (Å²) < 4.78 is 32.8. The highest BCUT2D eigenvalue weighted by Gasteiger charge is 2.20. The van der Waals surface area contributed by atoms with E-state index < -0.39 is 16.9 Å². The molecule has 164 valence electrons. The summed E-state index contributed by atoms with van der Waals surface area (Å²) in [6, 6.07) is 3.57. The highest BCUT2D eigenvalue weighted by atomic mass is 32.2. The molecule has 1 aliphatic rings. The molecule has 2 aromatic heterocycles. The van der Waals surface area contributed by atoms with Gasteiger partial charge in [-0.05, 0) is 38.0 Å². The van der Waals surface area contributed by atoms with Gasteiger partial charge in [0.2, 0.25) is 11.0 Å². The van der Waals surface area contributed by atoms with Crippen molar-refractivity contribution in [3.05, 3.63) is 35.2 Å². The molecule has 1 aliphatic heterocycles. The number of amides is 1. The number of aromatic nitrogens is 3. The third kappa shape index (κ3) is 5.76. The Morgan fingerprint density at radius 3 is 2.97 bits per heavy atom. The fourth-order valence-corrected chi connectivity index (χ4v) is 5.49. The molecule has 0 radical (unpaired) electrons. The molecule has 1 aromatic carbocycles. The lowest BCUT2D eigenvalue weighted by molar-refractivity contribution is -0.115. The Hall–Kier alpha value is -2.15. The Balaban J connectivity index is 1.29. The normalized spacial score (nSPS) is 16.9. The van der Waals surface area contributed by atoms with Gasteiger partial charge in [0.1, 0.15) is 0 Å². The lowest BCUT2D eigenvalue weighted by Gasteiger charge is -2.09. The third-order valence-corrected chi connectivity index (χ3v) is 7.33. The van der Waals surface area contributed by atoms with E-state index in [9.17, 15) is 13.6 Å². The quantitative estimate of drug-likeness (QED) is 0.451. The van der Waals surface area contributed by atoms with Crippen LogP contribution in [-0.2, 0) is 9.53 Å². The van der Waals surface area contributed by atoms with E-state index >= 15 is 0 Å². The molecule has 1 saturated heterocycles. The second-order valence-corrected chi connectivity index (χ2v) is 10.2. The Bertz CT molecular complexity index is 1050. The highest BCUT2D eigenvalue weighted by Crippen LogP contribution is 2.31. The molecule has 2 N–H and O–H groups in total. The molecule has 0 saturated carbocycles. The first-order valence-electron chi connectivity index (χ1n) is 9.55.